The fraction of sp³-hybridized carbons (Fsp3) is 0.190. The topological polar surface area (TPSA) is 66.9 Å². The van der Waals surface area contributed by atoms with Crippen LogP contribution in [-0.2, 0) is 11.3 Å². The van der Waals surface area contributed by atoms with Crippen molar-refractivity contribution in [3.8, 4) is 0 Å². The molecule has 0 atom stereocenters. The summed E-state index contributed by atoms with van der Waals surface area (Å²) in [6.45, 7) is 4.54. The van der Waals surface area contributed by atoms with Crippen LogP contribution in [0.1, 0.15) is 17.0 Å². The highest BCUT2D eigenvalue weighted by molar-refractivity contribution is 7.99. The number of aryl methyl sites for hydroxylation is 2. The van der Waals surface area contributed by atoms with Crippen LogP contribution in [0.3, 0.4) is 0 Å². The Labute approximate surface area is 163 Å². The number of thioether (sulfide) groups is 1. The molecule has 6 heteroatoms. The lowest BCUT2D eigenvalue weighted by Gasteiger charge is -2.09. The Morgan fingerprint density at radius 1 is 0.926 bits per heavy atom. The van der Waals surface area contributed by atoms with Gasteiger partial charge in [-0.1, -0.05) is 42.1 Å². The molecule has 2 aromatic carbocycles. The van der Waals surface area contributed by atoms with Gasteiger partial charge in [0.25, 0.3) is 0 Å². The number of nitrogens with one attached hydrogen (secondary N) is 2. The lowest BCUT2D eigenvalue weighted by molar-refractivity contribution is -0.113. The molecule has 0 radical (unpaired) electrons. The molecule has 0 aliphatic carbocycles. The number of rotatable bonds is 7. The predicted molar refractivity (Wildman–Crippen MR) is 111 cm³/mol. The molecule has 2 N–H and O–H groups in total. The first-order valence-electron chi connectivity index (χ1n) is 8.71. The lowest BCUT2D eigenvalue weighted by atomic mass is 10.2. The van der Waals surface area contributed by atoms with Crippen molar-refractivity contribution in [2.24, 2.45) is 0 Å². The normalized spacial score (nSPS) is 10.4. The van der Waals surface area contributed by atoms with Gasteiger partial charge in [0.2, 0.25) is 5.91 Å². The van der Waals surface area contributed by atoms with E-state index in [0.29, 0.717) is 11.7 Å². The van der Waals surface area contributed by atoms with Crippen molar-refractivity contribution >= 4 is 29.0 Å². The molecule has 27 heavy (non-hydrogen) atoms. The van der Waals surface area contributed by atoms with Gasteiger partial charge in [-0.3, -0.25) is 4.79 Å². The molecule has 1 heterocycles. The SMILES string of the molecule is Cc1cc(C)nc(SCC(=O)Nc2cccc(CNc3ccccc3)c2)n1. The standard InChI is InChI=1S/C21H22N4OS/c1-15-11-16(2)24-21(23-15)27-14-20(26)25-19-10-6-7-17(12-19)13-22-18-8-4-3-5-9-18/h3-12,22H,13-14H2,1-2H3,(H,25,26). The van der Waals surface area contributed by atoms with Gasteiger partial charge in [-0.15, -0.1) is 0 Å². The molecule has 138 valence electrons. The van der Waals surface area contributed by atoms with Gasteiger partial charge in [-0.05, 0) is 49.7 Å². The van der Waals surface area contributed by atoms with Crippen molar-refractivity contribution in [2.45, 2.75) is 25.5 Å². The number of hydrogen-bond donors (Lipinski definition) is 2. The molecule has 5 nitrogen and oxygen atoms in total. The number of hydrogen-bond acceptors (Lipinski definition) is 5. The quantitative estimate of drug-likeness (QED) is 0.470. The van der Waals surface area contributed by atoms with Crippen LogP contribution in [-0.4, -0.2) is 21.6 Å². The minimum absolute atomic E-state index is 0.0732. The molecule has 0 aliphatic rings. The van der Waals surface area contributed by atoms with E-state index in [2.05, 4.69) is 20.6 Å². The highest BCUT2D eigenvalue weighted by Gasteiger charge is 2.07. The van der Waals surface area contributed by atoms with E-state index < -0.39 is 0 Å². The Balaban J connectivity index is 1.53. The summed E-state index contributed by atoms with van der Waals surface area (Å²) in [6, 6.07) is 19.8. The van der Waals surface area contributed by atoms with Crippen LogP contribution in [0.25, 0.3) is 0 Å². The zero-order chi connectivity index (χ0) is 19.1. The molecule has 3 rings (SSSR count). The van der Waals surface area contributed by atoms with Crippen molar-refractivity contribution in [1.82, 2.24) is 9.97 Å². The van der Waals surface area contributed by atoms with Crippen molar-refractivity contribution < 1.29 is 4.79 Å². The summed E-state index contributed by atoms with van der Waals surface area (Å²) >= 11 is 1.34. The smallest absolute Gasteiger partial charge is 0.234 e. The number of carbonyl (C=O) groups is 1. The second-order valence-electron chi connectivity index (χ2n) is 6.19. The van der Waals surface area contributed by atoms with E-state index >= 15 is 0 Å². The fourth-order valence-electron chi connectivity index (χ4n) is 2.60. The van der Waals surface area contributed by atoms with Crippen molar-refractivity contribution in [2.75, 3.05) is 16.4 Å². The molecule has 1 amide bonds. The van der Waals surface area contributed by atoms with Gasteiger partial charge in [0.15, 0.2) is 5.16 Å². The molecule has 0 bridgehead atoms. The Morgan fingerprint density at radius 3 is 2.37 bits per heavy atom. The molecule has 0 aliphatic heterocycles. The number of aromatic nitrogens is 2. The van der Waals surface area contributed by atoms with E-state index in [1.165, 1.54) is 11.8 Å². The number of carbonyl (C=O) groups excluding carboxylic acids is 1. The van der Waals surface area contributed by atoms with Gasteiger partial charge in [0, 0.05) is 29.3 Å². The van der Waals surface area contributed by atoms with Crippen LogP contribution in [0.2, 0.25) is 0 Å². The van der Waals surface area contributed by atoms with Crippen LogP contribution in [0.15, 0.2) is 65.8 Å². The van der Waals surface area contributed by atoms with Gasteiger partial charge in [-0.25, -0.2) is 9.97 Å². The maximum Gasteiger partial charge on any atom is 0.234 e. The van der Waals surface area contributed by atoms with Crippen LogP contribution in [0, 0.1) is 13.8 Å². The summed E-state index contributed by atoms with van der Waals surface area (Å²) in [5.74, 6) is 0.200. The predicted octanol–water partition coefficient (Wildman–Crippen LogP) is 4.44. The molecule has 0 unspecified atom stereocenters. The minimum Gasteiger partial charge on any atom is -0.381 e. The van der Waals surface area contributed by atoms with Gasteiger partial charge < -0.3 is 10.6 Å². The van der Waals surface area contributed by atoms with Crippen LogP contribution in [0.4, 0.5) is 11.4 Å². The van der Waals surface area contributed by atoms with Gasteiger partial charge >= 0.3 is 0 Å². The number of para-hydroxylation sites is 1. The van der Waals surface area contributed by atoms with E-state index in [-0.39, 0.29) is 11.7 Å². The molecule has 0 spiro atoms. The maximum absolute atomic E-state index is 12.2. The fourth-order valence-corrected chi connectivity index (χ4v) is 3.35. The molecule has 0 saturated carbocycles. The van der Waals surface area contributed by atoms with Crippen molar-refractivity contribution in [3.63, 3.8) is 0 Å². The second kappa shape index (κ2) is 9.19. The van der Waals surface area contributed by atoms with Crippen LogP contribution < -0.4 is 10.6 Å². The van der Waals surface area contributed by atoms with Gasteiger partial charge in [0.1, 0.15) is 0 Å². The zero-order valence-corrected chi connectivity index (χ0v) is 16.2. The first-order valence-corrected chi connectivity index (χ1v) is 9.70. The first-order chi connectivity index (χ1) is 13.1. The number of benzene rings is 2. The van der Waals surface area contributed by atoms with Gasteiger partial charge in [-0.2, -0.15) is 0 Å². The Kier molecular flexibility index (Phi) is 6.44. The highest BCUT2D eigenvalue weighted by Crippen LogP contribution is 2.16. The largest absolute Gasteiger partial charge is 0.381 e. The molecule has 0 fully saturated rings. The second-order valence-corrected chi connectivity index (χ2v) is 7.13. The maximum atomic E-state index is 12.2. The monoisotopic (exact) mass is 378 g/mol. The lowest BCUT2D eigenvalue weighted by Crippen LogP contribution is -2.14. The average molecular weight is 379 g/mol. The molecule has 0 saturated heterocycles. The summed E-state index contributed by atoms with van der Waals surface area (Å²) in [5.41, 5.74) is 4.76. The Hall–Kier alpha value is -2.86. The van der Waals surface area contributed by atoms with E-state index in [4.69, 9.17) is 0 Å². The Bertz CT molecular complexity index is 895. The average Bonchev–Trinajstić information content (AvgIpc) is 2.65. The van der Waals surface area contributed by atoms with Crippen LogP contribution >= 0.6 is 11.8 Å². The summed E-state index contributed by atoms with van der Waals surface area (Å²) < 4.78 is 0. The number of amides is 1. The van der Waals surface area contributed by atoms with Crippen molar-refractivity contribution in [3.05, 3.63) is 77.6 Å². The third-order valence-corrected chi connectivity index (χ3v) is 4.62. The summed E-state index contributed by atoms with van der Waals surface area (Å²) in [7, 11) is 0. The van der Waals surface area contributed by atoms with E-state index in [1.807, 2.05) is 74.5 Å². The molecule has 1 aromatic heterocycles. The van der Waals surface area contributed by atoms with E-state index in [9.17, 15) is 4.79 Å². The summed E-state index contributed by atoms with van der Waals surface area (Å²) in [5, 5.41) is 6.93. The summed E-state index contributed by atoms with van der Waals surface area (Å²) in [6.07, 6.45) is 0. The van der Waals surface area contributed by atoms with E-state index in [0.717, 1.165) is 28.3 Å². The van der Waals surface area contributed by atoms with Crippen LogP contribution in [0.5, 0.6) is 0 Å². The van der Waals surface area contributed by atoms with Gasteiger partial charge in [0.05, 0.1) is 5.75 Å². The zero-order valence-electron chi connectivity index (χ0n) is 15.4. The minimum atomic E-state index is -0.0732. The first kappa shape index (κ1) is 18.9. The number of nitrogens with zero attached hydrogens (tertiary/aromatic N) is 2. The molecule has 3 aromatic rings. The molecular weight excluding hydrogens is 356 g/mol. The highest BCUT2D eigenvalue weighted by atomic mass is 32.2. The molecular formula is C21H22N4OS. The Morgan fingerprint density at radius 2 is 1.63 bits per heavy atom. The third kappa shape index (κ3) is 6.11. The van der Waals surface area contributed by atoms with Crippen molar-refractivity contribution in [1.29, 1.82) is 0 Å². The third-order valence-electron chi connectivity index (χ3n) is 3.78. The number of anilines is 2. The van der Waals surface area contributed by atoms with E-state index in [1.54, 1.807) is 0 Å². The summed E-state index contributed by atoms with van der Waals surface area (Å²) in [4.78, 5) is 20.9.